The van der Waals surface area contributed by atoms with Gasteiger partial charge in [-0.05, 0) is 37.2 Å². The first kappa shape index (κ1) is 12.6. The van der Waals surface area contributed by atoms with Gasteiger partial charge in [-0.2, -0.15) is 0 Å². The van der Waals surface area contributed by atoms with Crippen molar-refractivity contribution in [3.63, 3.8) is 0 Å². The van der Waals surface area contributed by atoms with Crippen LogP contribution in [-0.4, -0.2) is 5.11 Å². The fourth-order valence-corrected chi connectivity index (χ4v) is 3.13. The molecule has 94 valence electrons. The van der Waals surface area contributed by atoms with Crippen LogP contribution in [0.3, 0.4) is 0 Å². The summed E-state index contributed by atoms with van der Waals surface area (Å²) in [5.74, 6) is 0.831. The Balaban J connectivity index is 2.06. The summed E-state index contributed by atoms with van der Waals surface area (Å²) in [4.78, 5) is 0. The molecular weight excluding hydrogens is 208 g/mol. The predicted octanol–water partition coefficient (Wildman–Crippen LogP) is 4.25. The van der Waals surface area contributed by atoms with Crippen molar-refractivity contribution >= 4 is 0 Å². The van der Waals surface area contributed by atoms with E-state index in [0.717, 1.165) is 30.7 Å². The van der Waals surface area contributed by atoms with E-state index in [1.54, 1.807) is 0 Å². The lowest BCUT2D eigenvalue weighted by atomic mass is 9.86. The molecule has 0 bridgehead atoms. The van der Waals surface area contributed by atoms with Gasteiger partial charge >= 0.3 is 0 Å². The van der Waals surface area contributed by atoms with Gasteiger partial charge in [0.1, 0.15) is 0 Å². The molecule has 0 amide bonds. The molecule has 0 saturated heterocycles. The van der Waals surface area contributed by atoms with Gasteiger partial charge in [-0.25, -0.2) is 0 Å². The zero-order valence-electron chi connectivity index (χ0n) is 10.9. The molecule has 1 aliphatic rings. The van der Waals surface area contributed by atoms with E-state index in [-0.39, 0.29) is 0 Å². The average molecular weight is 232 g/mol. The van der Waals surface area contributed by atoms with Crippen molar-refractivity contribution < 1.29 is 5.11 Å². The van der Waals surface area contributed by atoms with Gasteiger partial charge in [-0.1, -0.05) is 56.5 Å². The van der Waals surface area contributed by atoms with Gasteiger partial charge in [0, 0.05) is 0 Å². The van der Waals surface area contributed by atoms with Crippen LogP contribution in [-0.2, 0) is 5.60 Å². The van der Waals surface area contributed by atoms with Gasteiger partial charge in [-0.3, -0.25) is 0 Å². The Kier molecular flexibility index (Phi) is 4.22. The fourth-order valence-electron chi connectivity index (χ4n) is 3.13. The summed E-state index contributed by atoms with van der Waals surface area (Å²) < 4.78 is 0. The highest BCUT2D eigenvalue weighted by atomic mass is 16.3. The average Bonchev–Trinajstić information content (AvgIpc) is 2.55. The molecule has 17 heavy (non-hydrogen) atoms. The molecule has 1 aromatic rings. The fraction of sp³-hybridized carbons (Fsp3) is 0.625. The molecule has 1 fully saturated rings. The van der Waals surface area contributed by atoms with E-state index in [4.69, 9.17) is 0 Å². The van der Waals surface area contributed by atoms with Crippen molar-refractivity contribution in [2.75, 3.05) is 0 Å². The second-order valence-corrected chi connectivity index (χ2v) is 5.48. The number of benzene rings is 1. The second kappa shape index (κ2) is 5.68. The number of rotatable bonds is 3. The van der Waals surface area contributed by atoms with E-state index in [2.05, 4.69) is 19.1 Å². The standard InChI is InChI=1S/C16H24O/c1-2-7-14-8-6-12-16(17,13-11-14)15-9-4-3-5-10-15/h3-5,9-10,14,17H,2,6-8,11-13H2,1H3. The van der Waals surface area contributed by atoms with Crippen LogP contribution in [0.2, 0.25) is 0 Å². The maximum Gasteiger partial charge on any atom is 0.0896 e. The third kappa shape index (κ3) is 3.10. The SMILES string of the molecule is CCCC1CCCC(O)(c2ccccc2)CC1. The summed E-state index contributed by atoms with van der Waals surface area (Å²) in [6.07, 6.45) is 8.09. The summed E-state index contributed by atoms with van der Waals surface area (Å²) in [6, 6.07) is 10.2. The molecule has 1 heteroatoms. The lowest BCUT2D eigenvalue weighted by Crippen LogP contribution is -2.24. The normalized spacial score (nSPS) is 29.9. The molecule has 0 aromatic heterocycles. The van der Waals surface area contributed by atoms with Crippen molar-refractivity contribution in [1.82, 2.24) is 0 Å². The second-order valence-electron chi connectivity index (χ2n) is 5.48. The van der Waals surface area contributed by atoms with Crippen LogP contribution < -0.4 is 0 Å². The third-order valence-corrected chi connectivity index (χ3v) is 4.18. The van der Waals surface area contributed by atoms with Crippen molar-refractivity contribution in [1.29, 1.82) is 0 Å². The van der Waals surface area contributed by atoms with Gasteiger partial charge in [0.2, 0.25) is 0 Å². The zero-order valence-corrected chi connectivity index (χ0v) is 10.9. The Morgan fingerprint density at radius 1 is 1.18 bits per heavy atom. The molecule has 0 aliphatic heterocycles. The monoisotopic (exact) mass is 232 g/mol. The van der Waals surface area contributed by atoms with Gasteiger partial charge in [0.15, 0.2) is 0 Å². The Morgan fingerprint density at radius 2 is 1.94 bits per heavy atom. The number of hydrogen-bond donors (Lipinski definition) is 1. The molecule has 1 nitrogen and oxygen atoms in total. The van der Waals surface area contributed by atoms with Crippen LogP contribution in [0.25, 0.3) is 0 Å². The minimum Gasteiger partial charge on any atom is -0.385 e. The van der Waals surface area contributed by atoms with E-state index in [0.29, 0.717) is 0 Å². The first-order chi connectivity index (χ1) is 8.24. The van der Waals surface area contributed by atoms with E-state index in [1.165, 1.54) is 25.7 Å². The Hall–Kier alpha value is -0.820. The molecule has 1 aromatic carbocycles. The summed E-state index contributed by atoms with van der Waals surface area (Å²) >= 11 is 0. The predicted molar refractivity (Wildman–Crippen MR) is 71.8 cm³/mol. The highest BCUT2D eigenvalue weighted by Gasteiger charge is 2.31. The molecule has 0 heterocycles. The van der Waals surface area contributed by atoms with Crippen LogP contribution in [0.1, 0.15) is 57.4 Å². The highest BCUT2D eigenvalue weighted by Crippen LogP contribution is 2.38. The molecule has 2 unspecified atom stereocenters. The maximum atomic E-state index is 10.8. The minimum absolute atomic E-state index is 0.566. The first-order valence-corrected chi connectivity index (χ1v) is 7.02. The van der Waals surface area contributed by atoms with E-state index in [9.17, 15) is 5.11 Å². The molecular formula is C16H24O. The topological polar surface area (TPSA) is 20.2 Å². The molecule has 0 radical (unpaired) electrons. The largest absolute Gasteiger partial charge is 0.385 e. The van der Waals surface area contributed by atoms with Crippen molar-refractivity contribution in [3.05, 3.63) is 35.9 Å². The van der Waals surface area contributed by atoms with Crippen molar-refractivity contribution in [3.8, 4) is 0 Å². The van der Waals surface area contributed by atoms with Gasteiger partial charge in [0.25, 0.3) is 0 Å². The number of aliphatic hydroxyl groups is 1. The van der Waals surface area contributed by atoms with Crippen LogP contribution >= 0.6 is 0 Å². The Morgan fingerprint density at radius 3 is 2.65 bits per heavy atom. The van der Waals surface area contributed by atoms with Crippen molar-refractivity contribution in [2.45, 2.75) is 57.5 Å². The number of hydrogen-bond acceptors (Lipinski definition) is 1. The van der Waals surface area contributed by atoms with Gasteiger partial charge < -0.3 is 5.11 Å². The summed E-state index contributed by atoms with van der Waals surface area (Å²) in [5, 5.41) is 10.8. The molecule has 2 atom stereocenters. The van der Waals surface area contributed by atoms with Crippen LogP contribution in [0.5, 0.6) is 0 Å². The Bertz CT molecular complexity index is 333. The van der Waals surface area contributed by atoms with Crippen LogP contribution in [0.15, 0.2) is 30.3 Å². The molecule has 0 spiro atoms. The molecule has 1 aliphatic carbocycles. The van der Waals surface area contributed by atoms with Gasteiger partial charge in [-0.15, -0.1) is 0 Å². The molecule has 2 rings (SSSR count). The van der Waals surface area contributed by atoms with E-state index < -0.39 is 5.60 Å². The third-order valence-electron chi connectivity index (χ3n) is 4.18. The highest BCUT2D eigenvalue weighted by molar-refractivity contribution is 5.22. The first-order valence-electron chi connectivity index (χ1n) is 7.02. The van der Waals surface area contributed by atoms with Crippen molar-refractivity contribution in [2.24, 2.45) is 5.92 Å². The van der Waals surface area contributed by atoms with E-state index >= 15 is 0 Å². The quantitative estimate of drug-likeness (QED) is 0.772. The summed E-state index contributed by atoms with van der Waals surface area (Å²) in [5.41, 5.74) is 0.543. The summed E-state index contributed by atoms with van der Waals surface area (Å²) in [7, 11) is 0. The van der Waals surface area contributed by atoms with Crippen LogP contribution in [0.4, 0.5) is 0 Å². The van der Waals surface area contributed by atoms with Crippen LogP contribution in [0, 0.1) is 5.92 Å². The van der Waals surface area contributed by atoms with Gasteiger partial charge in [0.05, 0.1) is 5.60 Å². The molecule has 1 saturated carbocycles. The minimum atomic E-state index is -0.566. The Labute approximate surface area is 105 Å². The lowest BCUT2D eigenvalue weighted by molar-refractivity contribution is 0.0195. The zero-order chi connectivity index (χ0) is 12.1. The maximum absolute atomic E-state index is 10.8. The summed E-state index contributed by atoms with van der Waals surface area (Å²) in [6.45, 7) is 2.26. The lowest BCUT2D eigenvalue weighted by Gasteiger charge is -2.27. The molecule has 1 N–H and O–H groups in total. The van der Waals surface area contributed by atoms with E-state index in [1.807, 2.05) is 18.2 Å². The smallest absolute Gasteiger partial charge is 0.0896 e.